The van der Waals surface area contributed by atoms with E-state index in [-0.39, 0.29) is 30.9 Å². The van der Waals surface area contributed by atoms with Gasteiger partial charge in [0.2, 0.25) is 17.7 Å². The summed E-state index contributed by atoms with van der Waals surface area (Å²) in [6.07, 6.45) is 9.50. The molecule has 210 valence electrons. The number of ether oxygens (including phenoxy) is 2. The number of nitrogens with zero attached hydrogens (tertiary/aromatic N) is 4. The van der Waals surface area contributed by atoms with Crippen LogP contribution in [0.4, 0.5) is 0 Å². The predicted octanol–water partition coefficient (Wildman–Crippen LogP) is 0.269. The van der Waals surface area contributed by atoms with Crippen molar-refractivity contribution in [2.24, 2.45) is 11.8 Å². The lowest BCUT2D eigenvalue weighted by atomic mass is 9.73. The van der Waals surface area contributed by atoms with Crippen molar-refractivity contribution in [3.05, 3.63) is 24.3 Å². The number of aliphatic hydroxyl groups excluding tert-OH is 1. The minimum Gasteiger partial charge on any atom is -0.396 e. The van der Waals surface area contributed by atoms with Crippen molar-refractivity contribution in [3.63, 3.8) is 0 Å². The number of rotatable bonds is 9. The van der Waals surface area contributed by atoms with E-state index >= 15 is 0 Å². The Kier molecular flexibility index (Phi) is 7.96. The Hall–Kier alpha value is -2.27. The number of amides is 3. The van der Waals surface area contributed by atoms with Gasteiger partial charge in [-0.2, -0.15) is 0 Å². The summed E-state index contributed by atoms with van der Waals surface area (Å²) in [6, 6.07) is -0.869. The lowest BCUT2D eigenvalue weighted by molar-refractivity contribution is -0.154. The third-order valence-electron chi connectivity index (χ3n) is 8.95. The molecule has 5 aliphatic heterocycles. The lowest BCUT2D eigenvalue weighted by Crippen LogP contribution is -2.57. The van der Waals surface area contributed by atoms with Crippen LogP contribution >= 0.6 is 0 Å². The van der Waals surface area contributed by atoms with E-state index in [0.717, 1.165) is 26.1 Å². The SMILES string of the molecule is CCCN1CC=C[C@]2(CC)O[C@]34C=CCN(CCN5CCOCC5)C(=O)C3N(CCCO)C(=O)[C@@H]4[C@@H]2C1=O. The summed E-state index contributed by atoms with van der Waals surface area (Å²) in [5.74, 6) is -1.95. The first kappa shape index (κ1) is 27.3. The van der Waals surface area contributed by atoms with E-state index in [9.17, 15) is 19.5 Å². The highest BCUT2D eigenvalue weighted by Crippen LogP contribution is 2.58. The summed E-state index contributed by atoms with van der Waals surface area (Å²) >= 11 is 0. The van der Waals surface area contributed by atoms with Gasteiger partial charge in [0.1, 0.15) is 11.6 Å². The van der Waals surface area contributed by atoms with Gasteiger partial charge in [0.25, 0.3) is 0 Å². The second-order valence-corrected chi connectivity index (χ2v) is 11.1. The Morgan fingerprint density at radius 1 is 0.895 bits per heavy atom. The van der Waals surface area contributed by atoms with Gasteiger partial charge in [-0.25, -0.2) is 0 Å². The molecule has 3 saturated heterocycles. The quantitative estimate of drug-likeness (QED) is 0.427. The average molecular weight is 531 g/mol. The summed E-state index contributed by atoms with van der Waals surface area (Å²) < 4.78 is 12.4. The van der Waals surface area contributed by atoms with Gasteiger partial charge in [-0.1, -0.05) is 38.2 Å². The summed E-state index contributed by atoms with van der Waals surface area (Å²) in [4.78, 5) is 50.0. The molecule has 3 fully saturated rings. The highest BCUT2D eigenvalue weighted by molar-refractivity contribution is 6.00. The standard InChI is InChI=1S/C28H42N4O6/c1-3-10-30-11-5-8-27(4-2)21(24(30)34)22-25(35)32(13-7-18-33)23-26(36)31(12-6-9-28(22,23)38-27)15-14-29-16-19-37-20-17-29/h5-6,8-9,21-23,33H,3-4,7,10-20H2,1-2H3/t21-,22+,23?,27+,28+/m1/s1. The molecule has 5 aliphatic rings. The van der Waals surface area contributed by atoms with Crippen LogP contribution in [0.2, 0.25) is 0 Å². The van der Waals surface area contributed by atoms with Gasteiger partial charge in [-0.05, 0) is 19.3 Å². The molecule has 5 heterocycles. The highest BCUT2D eigenvalue weighted by atomic mass is 16.5. The van der Waals surface area contributed by atoms with Crippen LogP contribution in [0.1, 0.15) is 33.1 Å². The third-order valence-corrected chi connectivity index (χ3v) is 8.95. The fraction of sp³-hybridized carbons (Fsp3) is 0.750. The Labute approximate surface area is 225 Å². The Morgan fingerprint density at radius 3 is 2.29 bits per heavy atom. The van der Waals surface area contributed by atoms with Gasteiger partial charge in [0.15, 0.2) is 0 Å². The fourth-order valence-corrected chi connectivity index (χ4v) is 7.10. The zero-order valence-corrected chi connectivity index (χ0v) is 22.7. The monoisotopic (exact) mass is 530 g/mol. The molecular weight excluding hydrogens is 488 g/mol. The molecule has 0 bridgehead atoms. The number of aliphatic hydroxyl groups is 1. The van der Waals surface area contributed by atoms with Crippen molar-refractivity contribution in [2.75, 3.05) is 72.2 Å². The number of carbonyl (C=O) groups is 3. The second-order valence-electron chi connectivity index (χ2n) is 11.1. The first-order valence-electron chi connectivity index (χ1n) is 14.3. The van der Waals surface area contributed by atoms with Crippen molar-refractivity contribution < 1.29 is 29.0 Å². The Morgan fingerprint density at radius 2 is 1.61 bits per heavy atom. The molecule has 3 amide bonds. The van der Waals surface area contributed by atoms with Crippen molar-refractivity contribution in [3.8, 4) is 0 Å². The van der Waals surface area contributed by atoms with Gasteiger partial charge in [-0.15, -0.1) is 0 Å². The average Bonchev–Trinajstić information content (AvgIpc) is 3.22. The topological polar surface area (TPSA) is 103 Å². The molecule has 0 aliphatic carbocycles. The molecule has 10 heteroatoms. The van der Waals surface area contributed by atoms with Crippen molar-refractivity contribution in [1.82, 2.24) is 19.6 Å². The van der Waals surface area contributed by atoms with Crippen LogP contribution in [-0.4, -0.2) is 132 Å². The van der Waals surface area contributed by atoms with E-state index in [1.807, 2.05) is 48.0 Å². The minimum atomic E-state index is -1.23. The second kappa shape index (κ2) is 11.1. The van der Waals surface area contributed by atoms with Crippen LogP contribution in [0.15, 0.2) is 24.3 Å². The molecule has 0 aromatic carbocycles. The number of likely N-dealkylation sites (tertiary alicyclic amines) is 1. The third kappa shape index (κ3) is 4.39. The van der Waals surface area contributed by atoms with E-state index in [1.165, 1.54) is 0 Å². The predicted molar refractivity (Wildman–Crippen MR) is 140 cm³/mol. The van der Waals surface area contributed by atoms with Crippen LogP contribution in [0.5, 0.6) is 0 Å². The van der Waals surface area contributed by atoms with Crippen molar-refractivity contribution in [2.45, 2.75) is 50.4 Å². The van der Waals surface area contributed by atoms with Crippen molar-refractivity contribution in [1.29, 1.82) is 0 Å². The molecule has 1 unspecified atom stereocenters. The lowest BCUT2D eigenvalue weighted by Gasteiger charge is -2.38. The summed E-state index contributed by atoms with van der Waals surface area (Å²) in [5, 5.41) is 9.59. The number of hydrogen-bond donors (Lipinski definition) is 1. The maximum atomic E-state index is 14.3. The molecule has 5 rings (SSSR count). The first-order valence-corrected chi connectivity index (χ1v) is 14.3. The maximum Gasteiger partial charge on any atom is 0.249 e. The minimum absolute atomic E-state index is 0.0778. The Balaban J connectivity index is 1.52. The molecule has 1 N–H and O–H groups in total. The van der Waals surface area contributed by atoms with Gasteiger partial charge in [-0.3, -0.25) is 19.3 Å². The number of hydrogen-bond acceptors (Lipinski definition) is 7. The van der Waals surface area contributed by atoms with Crippen molar-refractivity contribution >= 4 is 17.7 Å². The molecule has 0 saturated carbocycles. The van der Waals surface area contributed by atoms with Crippen LogP contribution in [0, 0.1) is 11.8 Å². The van der Waals surface area contributed by atoms with E-state index < -0.39 is 29.1 Å². The van der Waals surface area contributed by atoms with E-state index in [4.69, 9.17) is 9.47 Å². The van der Waals surface area contributed by atoms with E-state index in [1.54, 1.807) is 4.90 Å². The maximum absolute atomic E-state index is 14.3. The largest absolute Gasteiger partial charge is 0.396 e. The molecule has 1 spiro atoms. The number of morpholine rings is 1. The fourth-order valence-electron chi connectivity index (χ4n) is 7.10. The zero-order chi connectivity index (χ0) is 26.9. The van der Waals surface area contributed by atoms with Gasteiger partial charge < -0.3 is 29.3 Å². The highest BCUT2D eigenvalue weighted by Gasteiger charge is 2.75. The van der Waals surface area contributed by atoms with Crippen LogP contribution in [0.3, 0.4) is 0 Å². The molecule has 0 aromatic rings. The molecule has 5 atom stereocenters. The molecular formula is C28H42N4O6. The smallest absolute Gasteiger partial charge is 0.249 e. The van der Waals surface area contributed by atoms with Gasteiger partial charge in [0, 0.05) is 59.0 Å². The van der Waals surface area contributed by atoms with Gasteiger partial charge >= 0.3 is 0 Å². The number of carbonyl (C=O) groups excluding carboxylic acids is 3. The zero-order valence-electron chi connectivity index (χ0n) is 22.7. The normalized spacial score (nSPS) is 35.4. The first-order chi connectivity index (χ1) is 18.4. The molecule has 0 aromatic heterocycles. The van der Waals surface area contributed by atoms with Crippen LogP contribution in [0.25, 0.3) is 0 Å². The van der Waals surface area contributed by atoms with Crippen LogP contribution < -0.4 is 0 Å². The summed E-state index contributed by atoms with van der Waals surface area (Å²) in [6.45, 7) is 10.0. The van der Waals surface area contributed by atoms with Gasteiger partial charge in [0.05, 0.1) is 30.7 Å². The molecule has 0 radical (unpaired) electrons. The van der Waals surface area contributed by atoms with E-state index in [2.05, 4.69) is 4.90 Å². The van der Waals surface area contributed by atoms with Crippen LogP contribution in [-0.2, 0) is 23.9 Å². The summed E-state index contributed by atoms with van der Waals surface area (Å²) in [5.41, 5.74) is -2.18. The van der Waals surface area contributed by atoms with E-state index in [0.29, 0.717) is 52.2 Å². The molecule has 38 heavy (non-hydrogen) atoms. The molecule has 10 nitrogen and oxygen atoms in total. The number of fused-ring (bicyclic) bond motifs is 2. The summed E-state index contributed by atoms with van der Waals surface area (Å²) in [7, 11) is 0. The Bertz CT molecular complexity index is 980.